The molecule has 0 bridgehead atoms. The van der Waals surface area contributed by atoms with E-state index in [2.05, 4.69) is 9.88 Å². The predicted molar refractivity (Wildman–Crippen MR) is 50.4 cm³/mol. The first-order chi connectivity index (χ1) is 6.34. The van der Waals surface area contributed by atoms with Crippen LogP contribution in [-0.4, -0.2) is 40.7 Å². The van der Waals surface area contributed by atoms with Gasteiger partial charge in [0, 0.05) is 37.9 Å². The van der Waals surface area contributed by atoms with Crippen molar-refractivity contribution in [2.24, 2.45) is 0 Å². The van der Waals surface area contributed by atoms with Crippen molar-refractivity contribution in [2.75, 3.05) is 19.6 Å². The van der Waals surface area contributed by atoms with Gasteiger partial charge in [0.15, 0.2) is 0 Å². The maximum atomic E-state index is 9.06. The van der Waals surface area contributed by atoms with Gasteiger partial charge in [0.05, 0.1) is 6.10 Å². The third-order valence-electron chi connectivity index (χ3n) is 2.35. The Morgan fingerprint density at radius 1 is 1.46 bits per heavy atom. The number of rotatable bonds is 3. The highest BCUT2D eigenvalue weighted by atomic mass is 16.3. The molecule has 1 aliphatic heterocycles. The van der Waals surface area contributed by atoms with Gasteiger partial charge in [0.1, 0.15) is 0 Å². The average Bonchev–Trinajstić information content (AvgIpc) is 2.12. The lowest BCUT2D eigenvalue weighted by molar-refractivity contribution is 0.00297. The smallest absolute Gasteiger partial charge is 0.0793 e. The number of hydrogen-bond donors (Lipinski definition) is 1. The Balaban J connectivity index is 1.74. The molecule has 2 heterocycles. The lowest BCUT2D eigenvalue weighted by Crippen LogP contribution is -2.51. The standard InChI is InChI=1S/C10H14N2O/c13-10-7-12(8-10)6-4-9-3-1-2-5-11-9/h1-3,5,10,13H,4,6-8H2. The van der Waals surface area contributed by atoms with Crippen LogP contribution in [0.2, 0.25) is 0 Å². The molecule has 13 heavy (non-hydrogen) atoms. The Bertz CT molecular complexity index is 257. The number of aliphatic hydroxyl groups excluding tert-OH is 1. The molecule has 1 saturated heterocycles. The SMILES string of the molecule is OC1CN(CCc2ccccn2)C1. The van der Waals surface area contributed by atoms with Crippen LogP contribution in [-0.2, 0) is 6.42 Å². The van der Waals surface area contributed by atoms with Gasteiger partial charge < -0.3 is 5.11 Å². The van der Waals surface area contributed by atoms with Crippen molar-refractivity contribution in [1.82, 2.24) is 9.88 Å². The quantitative estimate of drug-likeness (QED) is 0.723. The minimum absolute atomic E-state index is 0.0938. The van der Waals surface area contributed by atoms with Gasteiger partial charge in [-0.2, -0.15) is 0 Å². The van der Waals surface area contributed by atoms with Crippen molar-refractivity contribution in [3.05, 3.63) is 30.1 Å². The Morgan fingerprint density at radius 3 is 2.92 bits per heavy atom. The van der Waals surface area contributed by atoms with Gasteiger partial charge in [-0.1, -0.05) is 6.07 Å². The number of likely N-dealkylation sites (tertiary alicyclic amines) is 1. The van der Waals surface area contributed by atoms with Crippen molar-refractivity contribution in [3.8, 4) is 0 Å². The number of nitrogens with zero attached hydrogens (tertiary/aromatic N) is 2. The second-order valence-electron chi connectivity index (χ2n) is 3.48. The van der Waals surface area contributed by atoms with E-state index in [-0.39, 0.29) is 6.10 Å². The highest BCUT2D eigenvalue weighted by Gasteiger charge is 2.23. The molecule has 0 aromatic carbocycles. The summed E-state index contributed by atoms with van der Waals surface area (Å²) >= 11 is 0. The largest absolute Gasteiger partial charge is 0.390 e. The fourth-order valence-corrected chi connectivity index (χ4v) is 1.54. The van der Waals surface area contributed by atoms with Gasteiger partial charge in [-0.15, -0.1) is 0 Å². The van der Waals surface area contributed by atoms with Gasteiger partial charge in [-0.25, -0.2) is 0 Å². The van der Waals surface area contributed by atoms with Crippen LogP contribution in [0.5, 0.6) is 0 Å². The van der Waals surface area contributed by atoms with Crippen LogP contribution >= 0.6 is 0 Å². The zero-order valence-corrected chi connectivity index (χ0v) is 7.56. The molecule has 70 valence electrons. The summed E-state index contributed by atoms with van der Waals surface area (Å²) in [5.74, 6) is 0. The minimum Gasteiger partial charge on any atom is -0.390 e. The van der Waals surface area contributed by atoms with Gasteiger partial charge in [-0.05, 0) is 12.1 Å². The maximum absolute atomic E-state index is 9.06. The second-order valence-corrected chi connectivity index (χ2v) is 3.48. The van der Waals surface area contributed by atoms with Crippen LogP contribution in [0.15, 0.2) is 24.4 Å². The summed E-state index contributed by atoms with van der Waals surface area (Å²) in [6, 6.07) is 5.97. The molecule has 2 rings (SSSR count). The average molecular weight is 178 g/mol. The van der Waals surface area contributed by atoms with Gasteiger partial charge >= 0.3 is 0 Å². The molecule has 1 fully saturated rings. The summed E-state index contributed by atoms with van der Waals surface area (Å²) in [7, 11) is 0. The van der Waals surface area contributed by atoms with Gasteiger partial charge in [-0.3, -0.25) is 9.88 Å². The predicted octanol–water partition coefficient (Wildman–Crippen LogP) is 0.301. The molecule has 1 aliphatic rings. The topological polar surface area (TPSA) is 36.4 Å². The Labute approximate surface area is 78.0 Å². The lowest BCUT2D eigenvalue weighted by Gasteiger charge is -2.35. The Hall–Kier alpha value is -0.930. The number of hydrogen-bond acceptors (Lipinski definition) is 3. The summed E-state index contributed by atoms with van der Waals surface area (Å²) in [5, 5.41) is 9.06. The van der Waals surface area contributed by atoms with Gasteiger partial charge in [0.25, 0.3) is 0 Å². The summed E-state index contributed by atoms with van der Waals surface area (Å²) < 4.78 is 0. The monoisotopic (exact) mass is 178 g/mol. The van der Waals surface area contributed by atoms with Crippen LogP contribution in [0, 0.1) is 0 Å². The molecule has 0 amide bonds. The number of pyridine rings is 1. The zero-order chi connectivity index (χ0) is 9.10. The van der Waals surface area contributed by atoms with E-state index in [0.29, 0.717) is 0 Å². The lowest BCUT2D eigenvalue weighted by atomic mass is 10.1. The van der Waals surface area contributed by atoms with Crippen LogP contribution in [0.25, 0.3) is 0 Å². The van der Waals surface area contributed by atoms with Crippen molar-refractivity contribution < 1.29 is 5.11 Å². The molecule has 0 saturated carbocycles. The van der Waals surface area contributed by atoms with E-state index in [1.54, 1.807) is 0 Å². The highest BCUT2D eigenvalue weighted by Crippen LogP contribution is 2.07. The summed E-state index contributed by atoms with van der Waals surface area (Å²) in [5.41, 5.74) is 1.13. The molecule has 1 aromatic heterocycles. The molecule has 0 radical (unpaired) electrons. The third-order valence-corrected chi connectivity index (χ3v) is 2.35. The molecular weight excluding hydrogens is 164 g/mol. The van der Waals surface area contributed by atoms with Crippen LogP contribution in [0.1, 0.15) is 5.69 Å². The van der Waals surface area contributed by atoms with E-state index in [1.807, 2.05) is 24.4 Å². The fourth-order valence-electron chi connectivity index (χ4n) is 1.54. The Kier molecular flexibility index (Phi) is 2.57. The number of aromatic nitrogens is 1. The van der Waals surface area contributed by atoms with Gasteiger partial charge in [0.2, 0.25) is 0 Å². The van der Waals surface area contributed by atoms with E-state index in [4.69, 9.17) is 5.11 Å². The van der Waals surface area contributed by atoms with E-state index in [9.17, 15) is 0 Å². The summed E-state index contributed by atoms with van der Waals surface area (Å²) in [6.07, 6.45) is 2.71. The summed E-state index contributed by atoms with van der Waals surface area (Å²) in [4.78, 5) is 6.47. The third kappa shape index (κ3) is 2.26. The van der Waals surface area contributed by atoms with Crippen molar-refractivity contribution in [3.63, 3.8) is 0 Å². The fraction of sp³-hybridized carbons (Fsp3) is 0.500. The normalized spacial score (nSPS) is 18.5. The molecule has 3 heteroatoms. The summed E-state index contributed by atoms with van der Waals surface area (Å²) in [6.45, 7) is 2.66. The molecule has 1 N–H and O–H groups in total. The first-order valence-corrected chi connectivity index (χ1v) is 4.65. The minimum atomic E-state index is -0.0938. The van der Waals surface area contributed by atoms with Crippen LogP contribution in [0.3, 0.4) is 0 Å². The number of aliphatic hydroxyl groups is 1. The molecule has 3 nitrogen and oxygen atoms in total. The van der Waals surface area contributed by atoms with Crippen LogP contribution < -0.4 is 0 Å². The van der Waals surface area contributed by atoms with Crippen molar-refractivity contribution >= 4 is 0 Å². The van der Waals surface area contributed by atoms with Crippen molar-refractivity contribution in [2.45, 2.75) is 12.5 Å². The molecule has 0 atom stereocenters. The Morgan fingerprint density at radius 2 is 2.31 bits per heavy atom. The van der Waals surface area contributed by atoms with Crippen LogP contribution in [0.4, 0.5) is 0 Å². The van der Waals surface area contributed by atoms with E-state index in [0.717, 1.165) is 31.7 Å². The molecule has 0 unspecified atom stereocenters. The molecule has 0 aliphatic carbocycles. The molecule has 1 aromatic rings. The zero-order valence-electron chi connectivity index (χ0n) is 7.56. The van der Waals surface area contributed by atoms with Crippen molar-refractivity contribution in [1.29, 1.82) is 0 Å². The first-order valence-electron chi connectivity index (χ1n) is 4.65. The molecule has 0 spiro atoms. The van der Waals surface area contributed by atoms with E-state index >= 15 is 0 Å². The molecular formula is C10H14N2O. The first kappa shape index (κ1) is 8.66. The van der Waals surface area contributed by atoms with E-state index < -0.39 is 0 Å². The number of β-amino-alcohol motifs (C(OH)–C–C–N with tert-alkyl or cyclic N) is 1. The maximum Gasteiger partial charge on any atom is 0.0793 e. The highest BCUT2D eigenvalue weighted by molar-refractivity contribution is 5.04. The second kappa shape index (κ2) is 3.85. The van der Waals surface area contributed by atoms with E-state index in [1.165, 1.54) is 0 Å².